The standard InChI is InChI=1S/C22H23FN6O/c1-24-21-17(22-27-19-5-3-4-18(23)20(19)30-22)10-14(11-25-21)15-12-26-29(13-15)16-6-8-28(2)9-7-16/h3-5,10-13,16H,6-9H2,1-2H3,(H,24,25). The normalized spacial score (nSPS) is 15.7. The molecule has 0 radical (unpaired) electrons. The molecule has 1 saturated heterocycles. The van der Waals surface area contributed by atoms with Gasteiger partial charge in [0.2, 0.25) is 5.89 Å². The summed E-state index contributed by atoms with van der Waals surface area (Å²) in [5.74, 6) is 0.519. The maximum Gasteiger partial charge on any atom is 0.231 e. The van der Waals surface area contributed by atoms with Crippen LogP contribution < -0.4 is 5.32 Å². The van der Waals surface area contributed by atoms with Gasteiger partial charge in [0.15, 0.2) is 11.4 Å². The number of oxazole rings is 1. The van der Waals surface area contributed by atoms with Crippen LogP contribution in [0, 0.1) is 5.82 Å². The fourth-order valence-electron chi connectivity index (χ4n) is 3.96. The number of rotatable bonds is 4. The molecular weight excluding hydrogens is 383 g/mol. The van der Waals surface area contributed by atoms with E-state index in [1.807, 2.05) is 12.3 Å². The molecule has 5 rings (SSSR count). The SMILES string of the molecule is CNc1ncc(-c2cnn(C3CCN(C)CC3)c2)cc1-c1nc2cccc(F)c2o1. The maximum absolute atomic E-state index is 14.1. The number of fused-ring (bicyclic) bond motifs is 1. The average Bonchev–Trinajstić information content (AvgIpc) is 3.42. The number of pyridine rings is 1. The van der Waals surface area contributed by atoms with Gasteiger partial charge in [-0.25, -0.2) is 14.4 Å². The van der Waals surface area contributed by atoms with Crippen molar-refractivity contribution in [3.05, 3.63) is 48.7 Å². The van der Waals surface area contributed by atoms with Crippen molar-refractivity contribution in [2.75, 3.05) is 32.5 Å². The summed E-state index contributed by atoms with van der Waals surface area (Å²) in [6.07, 6.45) is 7.92. The minimum atomic E-state index is -0.430. The van der Waals surface area contributed by atoms with Crippen LogP contribution in [0.1, 0.15) is 18.9 Å². The molecule has 1 aliphatic rings. The molecular formula is C22H23FN6O. The predicted octanol–water partition coefficient (Wildman–Crippen LogP) is 4.20. The van der Waals surface area contributed by atoms with Crippen molar-refractivity contribution in [1.29, 1.82) is 0 Å². The van der Waals surface area contributed by atoms with E-state index in [1.165, 1.54) is 6.07 Å². The molecule has 0 spiro atoms. The predicted molar refractivity (Wildman–Crippen MR) is 114 cm³/mol. The molecule has 3 aromatic heterocycles. The van der Waals surface area contributed by atoms with E-state index in [2.05, 4.69) is 43.2 Å². The highest BCUT2D eigenvalue weighted by atomic mass is 19.1. The highest BCUT2D eigenvalue weighted by Crippen LogP contribution is 2.33. The number of piperidine rings is 1. The van der Waals surface area contributed by atoms with Gasteiger partial charge in [-0.1, -0.05) is 6.07 Å². The van der Waals surface area contributed by atoms with Crippen LogP contribution in [-0.4, -0.2) is 51.8 Å². The molecule has 0 unspecified atom stereocenters. The van der Waals surface area contributed by atoms with Gasteiger partial charge in [-0.3, -0.25) is 4.68 Å². The molecule has 7 nitrogen and oxygen atoms in total. The van der Waals surface area contributed by atoms with Gasteiger partial charge >= 0.3 is 0 Å². The number of para-hydroxylation sites is 1. The van der Waals surface area contributed by atoms with E-state index in [9.17, 15) is 4.39 Å². The Hall–Kier alpha value is -3.26. The Morgan fingerprint density at radius 2 is 2.00 bits per heavy atom. The molecule has 30 heavy (non-hydrogen) atoms. The van der Waals surface area contributed by atoms with Gasteiger partial charge in [0.05, 0.1) is 17.8 Å². The van der Waals surface area contributed by atoms with Crippen molar-refractivity contribution in [1.82, 2.24) is 24.6 Å². The van der Waals surface area contributed by atoms with Gasteiger partial charge in [-0.05, 0) is 51.2 Å². The van der Waals surface area contributed by atoms with Gasteiger partial charge in [-0.2, -0.15) is 5.10 Å². The number of aromatic nitrogens is 4. The molecule has 0 saturated carbocycles. The molecule has 154 valence electrons. The Labute approximate surface area is 173 Å². The summed E-state index contributed by atoms with van der Waals surface area (Å²) in [7, 11) is 3.94. The first-order chi connectivity index (χ1) is 14.6. The molecule has 0 atom stereocenters. The molecule has 1 fully saturated rings. The van der Waals surface area contributed by atoms with Crippen molar-refractivity contribution < 1.29 is 8.81 Å². The fourth-order valence-corrected chi connectivity index (χ4v) is 3.96. The van der Waals surface area contributed by atoms with Gasteiger partial charge in [0, 0.05) is 30.6 Å². The second-order valence-corrected chi connectivity index (χ2v) is 7.72. The lowest BCUT2D eigenvalue weighted by atomic mass is 10.1. The Morgan fingerprint density at radius 1 is 1.17 bits per heavy atom. The third kappa shape index (κ3) is 3.33. The molecule has 0 amide bonds. The molecule has 1 aromatic carbocycles. The first-order valence-electron chi connectivity index (χ1n) is 10.1. The number of benzene rings is 1. The Balaban J connectivity index is 1.51. The summed E-state index contributed by atoms with van der Waals surface area (Å²) in [6, 6.07) is 7.08. The van der Waals surface area contributed by atoms with Gasteiger partial charge in [0.1, 0.15) is 11.3 Å². The number of likely N-dealkylation sites (tertiary alicyclic amines) is 1. The van der Waals surface area contributed by atoms with Crippen molar-refractivity contribution in [3.63, 3.8) is 0 Å². The molecule has 1 N–H and O–H groups in total. The number of halogens is 1. The number of hydrogen-bond acceptors (Lipinski definition) is 6. The van der Waals surface area contributed by atoms with Crippen LogP contribution in [0.3, 0.4) is 0 Å². The minimum Gasteiger partial charge on any atom is -0.433 e. The van der Waals surface area contributed by atoms with E-state index in [0.29, 0.717) is 28.8 Å². The zero-order valence-corrected chi connectivity index (χ0v) is 17.0. The topological polar surface area (TPSA) is 72.0 Å². The molecule has 8 heteroatoms. The summed E-state index contributed by atoms with van der Waals surface area (Å²) < 4.78 is 21.9. The lowest BCUT2D eigenvalue weighted by molar-refractivity contribution is 0.212. The van der Waals surface area contributed by atoms with Crippen LogP contribution in [0.2, 0.25) is 0 Å². The highest BCUT2D eigenvalue weighted by molar-refractivity contribution is 5.81. The first-order valence-corrected chi connectivity index (χ1v) is 10.1. The zero-order chi connectivity index (χ0) is 20.7. The second kappa shape index (κ2) is 7.53. The zero-order valence-electron chi connectivity index (χ0n) is 17.0. The second-order valence-electron chi connectivity index (χ2n) is 7.72. The van der Waals surface area contributed by atoms with Crippen molar-refractivity contribution >= 4 is 16.9 Å². The van der Waals surface area contributed by atoms with Crippen LogP contribution in [0.15, 0.2) is 47.3 Å². The van der Waals surface area contributed by atoms with E-state index in [4.69, 9.17) is 4.42 Å². The van der Waals surface area contributed by atoms with Crippen LogP contribution in [0.25, 0.3) is 33.7 Å². The van der Waals surface area contributed by atoms with Crippen LogP contribution >= 0.6 is 0 Å². The van der Waals surface area contributed by atoms with Gasteiger partial charge in [-0.15, -0.1) is 0 Å². The van der Waals surface area contributed by atoms with E-state index >= 15 is 0 Å². The summed E-state index contributed by atoms with van der Waals surface area (Å²) in [4.78, 5) is 11.3. The first kappa shape index (κ1) is 18.7. The number of nitrogens with zero attached hydrogens (tertiary/aromatic N) is 5. The molecule has 4 aromatic rings. The lowest BCUT2D eigenvalue weighted by Crippen LogP contribution is -2.31. The summed E-state index contributed by atoms with van der Waals surface area (Å²) in [5, 5.41) is 7.66. The molecule has 1 aliphatic heterocycles. The molecule has 4 heterocycles. The smallest absolute Gasteiger partial charge is 0.231 e. The van der Waals surface area contributed by atoms with Gasteiger partial charge < -0.3 is 14.6 Å². The number of anilines is 1. The van der Waals surface area contributed by atoms with Crippen LogP contribution in [0.5, 0.6) is 0 Å². The minimum absolute atomic E-state index is 0.148. The summed E-state index contributed by atoms with van der Waals surface area (Å²) in [6.45, 7) is 2.16. The molecule has 0 aliphatic carbocycles. The van der Waals surface area contributed by atoms with Crippen molar-refractivity contribution in [3.8, 4) is 22.6 Å². The van der Waals surface area contributed by atoms with E-state index < -0.39 is 5.82 Å². The van der Waals surface area contributed by atoms with Crippen LogP contribution in [0.4, 0.5) is 10.2 Å². The Morgan fingerprint density at radius 3 is 2.77 bits per heavy atom. The summed E-state index contributed by atoms with van der Waals surface area (Å²) in [5.41, 5.74) is 3.19. The van der Waals surface area contributed by atoms with Crippen molar-refractivity contribution in [2.24, 2.45) is 0 Å². The van der Waals surface area contributed by atoms with Crippen LogP contribution in [-0.2, 0) is 0 Å². The third-order valence-corrected chi connectivity index (χ3v) is 5.72. The van der Waals surface area contributed by atoms with E-state index in [-0.39, 0.29) is 5.58 Å². The van der Waals surface area contributed by atoms with E-state index in [1.54, 1.807) is 25.4 Å². The molecule has 0 bridgehead atoms. The van der Waals surface area contributed by atoms with Crippen molar-refractivity contribution in [2.45, 2.75) is 18.9 Å². The lowest BCUT2D eigenvalue weighted by Gasteiger charge is -2.28. The van der Waals surface area contributed by atoms with E-state index in [0.717, 1.165) is 37.1 Å². The Kier molecular flexibility index (Phi) is 4.71. The average molecular weight is 406 g/mol. The van der Waals surface area contributed by atoms with Gasteiger partial charge in [0.25, 0.3) is 0 Å². The highest BCUT2D eigenvalue weighted by Gasteiger charge is 2.20. The fraction of sp³-hybridized carbons (Fsp3) is 0.318. The largest absolute Gasteiger partial charge is 0.433 e. The quantitative estimate of drug-likeness (QED) is 0.548. The number of nitrogens with one attached hydrogen (secondary N) is 1. The third-order valence-electron chi connectivity index (χ3n) is 5.72. The maximum atomic E-state index is 14.1. The number of hydrogen-bond donors (Lipinski definition) is 1. The summed E-state index contributed by atoms with van der Waals surface area (Å²) >= 11 is 0. The monoisotopic (exact) mass is 406 g/mol. The Bertz CT molecular complexity index is 1190.